The van der Waals surface area contributed by atoms with Crippen molar-refractivity contribution in [1.29, 1.82) is 0 Å². The van der Waals surface area contributed by atoms with Crippen molar-refractivity contribution >= 4 is 23.2 Å². The van der Waals surface area contributed by atoms with Gasteiger partial charge in [0.2, 0.25) is 17.1 Å². The fourth-order valence-electron chi connectivity index (χ4n) is 3.99. The number of pyridine rings is 1. The van der Waals surface area contributed by atoms with Gasteiger partial charge in [-0.15, -0.1) is 0 Å². The summed E-state index contributed by atoms with van der Waals surface area (Å²) in [7, 11) is 0. The highest BCUT2D eigenvalue weighted by atomic mass is 35.5. The quantitative estimate of drug-likeness (QED) is 0.265. The Morgan fingerprint density at radius 3 is 1.30 bits per heavy atom. The minimum absolute atomic E-state index is 0.119. The molecule has 0 saturated heterocycles. The summed E-state index contributed by atoms with van der Waals surface area (Å²) < 4.78 is 2.13. The highest BCUT2D eigenvalue weighted by Crippen LogP contribution is 2.35. The fraction of sp³-hybridized carbons (Fsp3) is 0. The standard InChI is InChI=1S/C29H19Cl2NO/c30-25-18-24(19-26(31)29(25)33)32-27(21-12-6-2-7-13-21)16-23(20-10-4-1-5-11-20)17-28(32)22-14-8-3-9-15-22/h1-19H/p+1. The molecule has 0 aliphatic rings. The molecule has 2 nitrogen and oxygen atoms in total. The summed E-state index contributed by atoms with van der Waals surface area (Å²) in [5.74, 6) is -0.119. The van der Waals surface area contributed by atoms with E-state index in [9.17, 15) is 5.11 Å². The molecule has 0 atom stereocenters. The van der Waals surface area contributed by atoms with E-state index in [1.165, 1.54) is 0 Å². The third-order valence-electron chi connectivity index (χ3n) is 5.57. The van der Waals surface area contributed by atoms with E-state index in [4.69, 9.17) is 23.2 Å². The molecule has 5 aromatic rings. The Labute approximate surface area is 202 Å². The van der Waals surface area contributed by atoms with Crippen LogP contribution >= 0.6 is 23.2 Å². The molecular weight excluding hydrogens is 449 g/mol. The van der Waals surface area contributed by atoms with Gasteiger partial charge in [-0.2, -0.15) is 4.57 Å². The number of phenols is 1. The SMILES string of the molecule is Oc1c(Cl)cc(-[n+]2c(-c3ccccc3)cc(-c3ccccc3)cc2-c2ccccc2)cc1Cl. The van der Waals surface area contributed by atoms with Gasteiger partial charge in [-0.1, -0.05) is 89.9 Å². The Morgan fingerprint density at radius 2 is 0.879 bits per heavy atom. The van der Waals surface area contributed by atoms with E-state index in [1.54, 1.807) is 12.1 Å². The molecule has 33 heavy (non-hydrogen) atoms. The summed E-state index contributed by atoms with van der Waals surface area (Å²) >= 11 is 12.7. The number of nitrogens with zero attached hydrogens (tertiary/aromatic N) is 1. The lowest BCUT2D eigenvalue weighted by Crippen LogP contribution is -2.36. The van der Waals surface area contributed by atoms with E-state index in [-0.39, 0.29) is 15.8 Å². The molecule has 4 aromatic carbocycles. The first-order valence-corrected chi connectivity index (χ1v) is 11.3. The van der Waals surface area contributed by atoms with Crippen LogP contribution in [-0.4, -0.2) is 5.11 Å². The zero-order valence-corrected chi connectivity index (χ0v) is 19.1. The van der Waals surface area contributed by atoms with Crippen molar-refractivity contribution in [2.75, 3.05) is 0 Å². The fourth-order valence-corrected chi connectivity index (χ4v) is 4.47. The van der Waals surface area contributed by atoms with Gasteiger partial charge >= 0.3 is 0 Å². The molecule has 0 aliphatic carbocycles. The number of phenolic OH excluding ortho intramolecular Hbond substituents is 1. The monoisotopic (exact) mass is 468 g/mol. The van der Waals surface area contributed by atoms with Gasteiger partial charge in [-0.3, -0.25) is 0 Å². The Morgan fingerprint density at radius 1 is 0.485 bits per heavy atom. The highest BCUT2D eigenvalue weighted by molar-refractivity contribution is 6.37. The van der Waals surface area contributed by atoms with E-state index >= 15 is 0 Å². The molecule has 160 valence electrons. The van der Waals surface area contributed by atoms with Gasteiger partial charge in [-0.05, 0) is 35.4 Å². The second-order valence-corrected chi connectivity index (χ2v) is 8.52. The normalized spacial score (nSPS) is 10.8. The van der Waals surface area contributed by atoms with Gasteiger partial charge in [0.15, 0.2) is 5.75 Å². The predicted molar refractivity (Wildman–Crippen MR) is 136 cm³/mol. The van der Waals surface area contributed by atoms with Crippen LogP contribution in [0.3, 0.4) is 0 Å². The number of hydrogen-bond acceptors (Lipinski definition) is 1. The van der Waals surface area contributed by atoms with Crippen LogP contribution < -0.4 is 4.57 Å². The van der Waals surface area contributed by atoms with Crippen molar-refractivity contribution in [3.8, 4) is 45.1 Å². The second kappa shape index (κ2) is 9.11. The minimum atomic E-state index is -0.119. The van der Waals surface area contributed by atoms with Crippen LogP contribution in [0.25, 0.3) is 39.3 Å². The average Bonchev–Trinajstić information content (AvgIpc) is 2.88. The van der Waals surface area contributed by atoms with E-state index in [2.05, 4.69) is 53.1 Å². The van der Waals surface area contributed by atoms with Crippen molar-refractivity contribution in [1.82, 2.24) is 0 Å². The van der Waals surface area contributed by atoms with Crippen molar-refractivity contribution in [3.05, 3.63) is 125 Å². The van der Waals surface area contributed by atoms with E-state index in [0.29, 0.717) is 0 Å². The highest BCUT2D eigenvalue weighted by Gasteiger charge is 2.26. The van der Waals surface area contributed by atoms with Crippen molar-refractivity contribution in [2.45, 2.75) is 0 Å². The van der Waals surface area contributed by atoms with Crippen LogP contribution in [0.2, 0.25) is 10.0 Å². The van der Waals surface area contributed by atoms with Gasteiger partial charge in [-0.25, -0.2) is 0 Å². The van der Waals surface area contributed by atoms with Crippen LogP contribution in [0.5, 0.6) is 5.75 Å². The van der Waals surface area contributed by atoms with Crippen molar-refractivity contribution in [3.63, 3.8) is 0 Å². The van der Waals surface area contributed by atoms with Gasteiger partial charge in [0.25, 0.3) is 0 Å². The maximum Gasteiger partial charge on any atom is 0.219 e. The van der Waals surface area contributed by atoms with E-state index in [0.717, 1.165) is 39.3 Å². The number of benzene rings is 4. The summed E-state index contributed by atoms with van der Waals surface area (Å²) in [4.78, 5) is 0. The Kier molecular flexibility index (Phi) is 5.87. The first-order valence-electron chi connectivity index (χ1n) is 10.6. The van der Waals surface area contributed by atoms with Gasteiger partial charge < -0.3 is 5.11 Å². The summed E-state index contributed by atoms with van der Waals surface area (Å²) in [6, 6.07) is 38.6. The lowest BCUT2D eigenvalue weighted by molar-refractivity contribution is -0.572. The van der Waals surface area contributed by atoms with Crippen LogP contribution in [0.1, 0.15) is 0 Å². The molecule has 0 amide bonds. The molecule has 1 N–H and O–H groups in total. The molecular formula is C29H20Cl2NO+. The Bertz CT molecular complexity index is 1340. The van der Waals surface area contributed by atoms with Crippen LogP contribution in [-0.2, 0) is 0 Å². The molecule has 5 rings (SSSR count). The molecule has 0 aliphatic heterocycles. The van der Waals surface area contributed by atoms with Gasteiger partial charge in [0.1, 0.15) is 0 Å². The van der Waals surface area contributed by atoms with E-state index < -0.39 is 0 Å². The molecule has 1 heterocycles. The third-order valence-corrected chi connectivity index (χ3v) is 6.15. The summed E-state index contributed by atoms with van der Waals surface area (Å²) in [6.45, 7) is 0. The van der Waals surface area contributed by atoms with Gasteiger partial charge in [0, 0.05) is 35.4 Å². The number of halogens is 2. The molecule has 0 spiro atoms. The minimum Gasteiger partial charge on any atom is -0.505 e. The summed E-state index contributed by atoms with van der Waals surface area (Å²) in [6.07, 6.45) is 0. The lowest BCUT2D eigenvalue weighted by atomic mass is 9.98. The lowest BCUT2D eigenvalue weighted by Gasteiger charge is -2.13. The predicted octanol–water partition coefficient (Wildman–Crippen LogP) is 7.98. The summed E-state index contributed by atoms with van der Waals surface area (Å²) in [5, 5.41) is 10.6. The molecule has 0 saturated carbocycles. The van der Waals surface area contributed by atoms with Gasteiger partial charge in [0.05, 0.1) is 10.0 Å². The maximum absolute atomic E-state index is 10.2. The van der Waals surface area contributed by atoms with Crippen molar-refractivity contribution in [2.24, 2.45) is 0 Å². The number of rotatable bonds is 4. The zero-order valence-electron chi connectivity index (χ0n) is 17.6. The molecule has 0 radical (unpaired) electrons. The van der Waals surface area contributed by atoms with Crippen LogP contribution in [0, 0.1) is 0 Å². The average molecular weight is 469 g/mol. The Balaban J connectivity index is 1.90. The smallest absolute Gasteiger partial charge is 0.219 e. The topological polar surface area (TPSA) is 24.1 Å². The zero-order chi connectivity index (χ0) is 22.8. The Hall–Kier alpha value is -3.59. The molecule has 0 bridgehead atoms. The number of hydrogen-bond donors (Lipinski definition) is 1. The van der Waals surface area contributed by atoms with Crippen LogP contribution in [0.15, 0.2) is 115 Å². The summed E-state index contributed by atoms with van der Waals surface area (Å²) in [5.41, 5.74) is 7.05. The number of aromatic hydroxyl groups is 1. The molecule has 0 unspecified atom stereocenters. The number of aromatic nitrogens is 1. The molecule has 1 aromatic heterocycles. The maximum atomic E-state index is 10.2. The molecule has 0 fully saturated rings. The van der Waals surface area contributed by atoms with Crippen LogP contribution in [0.4, 0.5) is 0 Å². The van der Waals surface area contributed by atoms with Crippen molar-refractivity contribution < 1.29 is 9.67 Å². The van der Waals surface area contributed by atoms with E-state index in [1.807, 2.05) is 54.6 Å². The largest absolute Gasteiger partial charge is 0.505 e. The first-order chi connectivity index (χ1) is 16.1. The second-order valence-electron chi connectivity index (χ2n) is 7.71. The first kappa shape index (κ1) is 21.3. The molecule has 4 heteroatoms. The third kappa shape index (κ3) is 4.23.